The molecule has 3 heterocycles. The SMILES string of the molecule is CC(=O)c1sc(NC(=O)CN2C(=O)C(C)(C)Oc3ccc(N)nc32)nc1C. The molecule has 10 heteroatoms. The van der Waals surface area contributed by atoms with E-state index in [2.05, 4.69) is 15.3 Å². The normalized spacial score (nSPS) is 15.1. The number of aromatic nitrogens is 2. The quantitative estimate of drug-likeness (QED) is 0.763. The number of Topliss-reactive ketones (excluding diaryl/α,β-unsaturated/α-hetero) is 1. The van der Waals surface area contributed by atoms with Crippen LogP contribution >= 0.6 is 11.3 Å². The summed E-state index contributed by atoms with van der Waals surface area (Å²) in [5.74, 6) is -0.246. The van der Waals surface area contributed by atoms with E-state index in [0.29, 0.717) is 21.5 Å². The maximum atomic E-state index is 12.7. The van der Waals surface area contributed by atoms with Gasteiger partial charge in [-0.2, -0.15) is 0 Å². The van der Waals surface area contributed by atoms with Gasteiger partial charge in [-0.3, -0.25) is 19.3 Å². The number of nitrogens with two attached hydrogens (primary N) is 1. The number of aryl methyl sites for hydroxylation is 1. The first-order valence-electron chi connectivity index (χ1n) is 8.14. The van der Waals surface area contributed by atoms with Gasteiger partial charge in [0.15, 0.2) is 28.1 Å². The second-order valence-electron chi connectivity index (χ2n) is 6.60. The van der Waals surface area contributed by atoms with Crippen molar-refractivity contribution in [1.82, 2.24) is 9.97 Å². The van der Waals surface area contributed by atoms with Crippen LogP contribution in [0.25, 0.3) is 0 Å². The summed E-state index contributed by atoms with van der Waals surface area (Å²) < 4.78 is 5.67. The van der Waals surface area contributed by atoms with Crippen molar-refractivity contribution in [2.45, 2.75) is 33.3 Å². The summed E-state index contributed by atoms with van der Waals surface area (Å²) in [6, 6.07) is 3.17. The number of ketones is 1. The molecule has 0 saturated carbocycles. The molecule has 142 valence electrons. The van der Waals surface area contributed by atoms with Gasteiger partial charge in [-0.25, -0.2) is 9.97 Å². The van der Waals surface area contributed by atoms with Crippen LogP contribution in [0.3, 0.4) is 0 Å². The van der Waals surface area contributed by atoms with Crippen molar-refractivity contribution >= 4 is 45.7 Å². The molecule has 0 atom stereocenters. The van der Waals surface area contributed by atoms with Crippen molar-refractivity contribution in [1.29, 1.82) is 0 Å². The molecule has 3 rings (SSSR count). The van der Waals surface area contributed by atoms with E-state index in [0.717, 1.165) is 11.3 Å². The Kier molecular flexibility index (Phi) is 4.60. The third-order valence-electron chi connectivity index (χ3n) is 3.91. The van der Waals surface area contributed by atoms with Crippen molar-refractivity contribution in [3.8, 4) is 5.75 Å². The van der Waals surface area contributed by atoms with Crippen LogP contribution in [-0.4, -0.2) is 39.7 Å². The lowest BCUT2D eigenvalue weighted by Gasteiger charge is -2.37. The van der Waals surface area contributed by atoms with Crippen LogP contribution in [0.4, 0.5) is 16.8 Å². The number of carbonyl (C=O) groups is 3. The van der Waals surface area contributed by atoms with Crippen molar-refractivity contribution in [3.63, 3.8) is 0 Å². The van der Waals surface area contributed by atoms with E-state index in [4.69, 9.17) is 10.5 Å². The van der Waals surface area contributed by atoms with Gasteiger partial charge in [-0.1, -0.05) is 11.3 Å². The molecule has 0 unspecified atom stereocenters. The van der Waals surface area contributed by atoms with Gasteiger partial charge >= 0.3 is 0 Å². The Labute approximate surface area is 159 Å². The molecule has 0 radical (unpaired) electrons. The third-order valence-corrected chi connectivity index (χ3v) is 5.08. The zero-order valence-corrected chi connectivity index (χ0v) is 16.1. The fourth-order valence-corrected chi connectivity index (χ4v) is 3.57. The standard InChI is InChI=1S/C17H19N5O4S/c1-8-13(9(2)23)27-16(19-8)21-12(24)7-22-14-10(5-6-11(18)20-14)26-17(3,4)15(22)25/h5-6H,7H2,1-4H3,(H2,18,20)(H,19,21,24). The van der Waals surface area contributed by atoms with E-state index in [1.807, 2.05) is 0 Å². The molecule has 0 saturated heterocycles. The van der Waals surface area contributed by atoms with Gasteiger partial charge < -0.3 is 15.8 Å². The summed E-state index contributed by atoms with van der Waals surface area (Å²) >= 11 is 1.09. The molecule has 0 fully saturated rings. The maximum absolute atomic E-state index is 12.7. The molecule has 0 aromatic carbocycles. The topological polar surface area (TPSA) is 128 Å². The Bertz CT molecular complexity index is 953. The summed E-state index contributed by atoms with van der Waals surface area (Å²) in [6.07, 6.45) is 0. The molecule has 3 N–H and O–H groups in total. The smallest absolute Gasteiger partial charge is 0.272 e. The Balaban J connectivity index is 1.84. The van der Waals surface area contributed by atoms with Crippen molar-refractivity contribution in [2.75, 3.05) is 22.5 Å². The zero-order valence-electron chi connectivity index (χ0n) is 15.3. The molecule has 2 amide bonds. The van der Waals surface area contributed by atoms with Crippen molar-refractivity contribution < 1.29 is 19.1 Å². The lowest BCUT2D eigenvalue weighted by molar-refractivity contribution is -0.133. The number of rotatable bonds is 4. The lowest BCUT2D eigenvalue weighted by Crippen LogP contribution is -2.54. The monoisotopic (exact) mass is 389 g/mol. The molecule has 2 aromatic rings. The van der Waals surface area contributed by atoms with Gasteiger partial charge in [-0.05, 0) is 32.9 Å². The third kappa shape index (κ3) is 3.61. The Morgan fingerprint density at radius 1 is 1.33 bits per heavy atom. The highest BCUT2D eigenvalue weighted by atomic mass is 32.1. The molecule has 9 nitrogen and oxygen atoms in total. The minimum absolute atomic E-state index is 0.121. The molecule has 2 aromatic heterocycles. The fourth-order valence-electron chi connectivity index (χ4n) is 2.69. The van der Waals surface area contributed by atoms with E-state index in [1.54, 1.807) is 32.9 Å². The van der Waals surface area contributed by atoms with E-state index in [9.17, 15) is 14.4 Å². The van der Waals surface area contributed by atoms with Gasteiger partial charge in [-0.15, -0.1) is 0 Å². The van der Waals surface area contributed by atoms with E-state index in [1.165, 1.54) is 11.8 Å². The summed E-state index contributed by atoms with van der Waals surface area (Å²) in [6.45, 7) is 6.07. The number of hydrogen-bond acceptors (Lipinski definition) is 8. The second kappa shape index (κ2) is 6.62. The van der Waals surface area contributed by atoms with E-state index >= 15 is 0 Å². The molecule has 0 aliphatic carbocycles. The molecular weight excluding hydrogens is 370 g/mol. The maximum Gasteiger partial charge on any atom is 0.272 e. The molecule has 1 aliphatic rings. The minimum atomic E-state index is -1.15. The van der Waals surface area contributed by atoms with Gasteiger partial charge in [0, 0.05) is 6.92 Å². The summed E-state index contributed by atoms with van der Waals surface area (Å²) in [5.41, 5.74) is 5.11. The highest BCUT2D eigenvalue weighted by molar-refractivity contribution is 7.17. The van der Waals surface area contributed by atoms with Crippen LogP contribution in [-0.2, 0) is 9.59 Å². The number of carbonyl (C=O) groups excluding carboxylic acids is 3. The minimum Gasteiger partial charge on any atom is -0.474 e. The molecule has 0 spiro atoms. The first kappa shape index (κ1) is 18.8. The second-order valence-corrected chi connectivity index (χ2v) is 7.60. The number of hydrogen-bond donors (Lipinski definition) is 2. The molecule has 27 heavy (non-hydrogen) atoms. The first-order chi connectivity index (χ1) is 12.6. The Morgan fingerprint density at radius 2 is 2.04 bits per heavy atom. The van der Waals surface area contributed by atoms with Gasteiger partial charge in [0.25, 0.3) is 5.91 Å². The van der Waals surface area contributed by atoms with Crippen LogP contribution in [0.2, 0.25) is 0 Å². The Hall–Kier alpha value is -3.01. The number of ether oxygens (including phenoxy) is 1. The number of nitrogens with one attached hydrogen (secondary N) is 1. The molecule has 0 bridgehead atoms. The zero-order chi connectivity index (χ0) is 19.9. The van der Waals surface area contributed by atoms with Gasteiger partial charge in [0.05, 0.1) is 10.6 Å². The van der Waals surface area contributed by atoms with E-state index < -0.39 is 17.4 Å². The largest absolute Gasteiger partial charge is 0.474 e. The predicted octanol–water partition coefficient (Wildman–Crippen LogP) is 1.77. The average molecular weight is 389 g/mol. The molecular formula is C17H19N5O4S. The van der Waals surface area contributed by atoms with Crippen molar-refractivity contribution in [2.24, 2.45) is 0 Å². The number of amides is 2. The van der Waals surface area contributed by atoms with Crippen LogP contribution in [0.1, 0.15) is 36.1 Å². The molecule has 1 aliphatic heterocycles. The van der Waals surface area contributed by atoms with E-state index in [-0.39, 0.29) is 24.0 Å². The van der Waals surface area contributed by atoms with Gasteiger partial charge in [0.2, 0.25) is 5.91 Å². The fraction of sp³-hybridized carbons (Fsp3) is 0.353. The van der Waals surface area contributed by atoms with Crippen LogP contribution in [0.5, 0.6) is 5.75 Å². The number of fused-ring (bicyclic) bond motifs is 1. The highest BCUT2D eigenvalue weighted by Gasteiger charge is 2.42. The summed E-state index contributed by atoms with van der Waals surface area (Å²) in [4.78, 5) is 46.8. The predicted molar refractivity (Wildman–Crippen MR) is 101 cm³/mol. The van der Waals surface area contributed by atoms with Crippen molar-refractivity contribution in [3.05, 3.63) is 22.7 Å². The van der Waals surface area contributed by atoms with Gasteiger partial charge in [0.1, 0.15) is 12.4 Å². The number of thiazole rings is 1. The average Bonchev–Trinajstić information content (AvgIpc) is 2.93. The Morgan fingerprint density at radius 3 is 2.67 bits per heavy atom. The summed E-state index contributed by atoms with van der Waals surface area (Å²) in [7, 11) is 0. The summed E-state index contributed by atoms with van der Waals surface area (Å²) in [5, 5.41) is 2.92. The number of nitrogen functional groups attached to an aromatic ring is 1. The van der Waals surface area contributed by atoms with Crippen LogP contribution in [0.15, 0.2) is 12.1 Å². The number of anilines is 3. The van der Waals surface area contributed by atoms with Crippen LogP contribution < -0.4 is 20.7 Å². The number of nitrogens with zero attached hydrogens (tertiary/aromatic N) is 3. The first-order valence-corrected chi connectivity index (χ1v) is 8.96. The highest BCUT2D eigenvalue weighted by Crippen LogP contribution is 2.36. The van der Waals surface area contributed by atoms with Crippen LogP contribution in [0, 0.1) is 6.92 Å². The lowest BCUT2D eigenvalue weighted by atomic mass is 10.1. The number of pyridine rings is 1.